The number of carbonyl (C=O) groups excluding carboxylic acids is 1. The molecular weight excluding hydrogens is 274 g/mol. The summed E-state index contributed by atoms with van der Waals surface area (Å²) in [4.78, 5) is 15.7. The van der Waals surface area contributed by atoms with Crippen molar-refractivity contribution in [3.63, 3.8) is 0 Å². The molecule has 1 aliphatic heterocycles. The van der Waals surface area contributed by atoms with Crippen molar-refractivity contribution < 1.29 is 9.21 Å². The summed E-state index contributed by atoms with van der Waals surface area (Å²) in [7, 11) is 0. The van der Waals surface area contributed by atoms with Gasteiger partial charge in [-0.2, -0.15) is 0 Å². The van der Waals surface area contributed by atoms with Gasteiger partial charge < -0.3 is 9.32 Å². The number of carbonyl (C=O) groups is 1. The normalized spacial score (nSPS) is 43.0. The molecule has 0 spiro atoms. The van der Waals surface area contributed by atoms with Gasteiger partial charge in [0.05, 0.1) is 17.7 Å². The van der Waals surface area contributed by atoms with E-state index < -0.39 is 0 Å². The summed E-state index contributed by atoms with van der Waals surface area (Å²) < 4.78 is 5.62. The molecule has 5 fully saturated rings. The third-order valence-electron chi connectivity index (χ3n) is 6.88. The van der Waals surface area contributed by atoms with Crippen molar-refractivity contribution in [2.24, 2.45) is 23.2 Å². The molecule has 3 heteroatoms. The molecule has 4 aliphatic carbocycles. The predicted octanol–water partition coefficient (Wildman–Crippen LogP) is 4.16. The zero-order chi connectivity index (χ0) is 14.7. The molecule has 22 heavy (non-hydrogen) atoms. The lowest BCUT2D eigenvalue weighted by molar-refractivity contribution is -0.159. The van der Waals surface area contributed by atoms with Crippen molar-refractivity contribution in [1.82, 2.24) is 4.90 Å². The van der Waals surface area contributed by atoms with Gasteiger partial charge in [0.15, 0.2) is 0 Å². The Labute approximate surface area is 132 Å². The van der Waals surface area contributed by atoms with Crippen LogP contribution in [0, 0.1) is 23.2 Å². The first-order valence-corrected chi connectivity index (χ1v) is 9.08. The van der Waals surface area contributed by atoms with Crippen molar-refractivity contribution >= 4 is 5.91 Å². The second kappa shape index (κ2) is 4.62. The van der Waals surface area contributed by atoms with Crippen LogP contribution in [0.25, 0.3) is 0 Å². The molecule has 1 atom stereocenters. The maximum absolute atomic E-state index is 13.5. The Morgan fingerprint density at radius 3 is 2.41 bits per heavy atom. The van der Waals surface area contributed by atoms with Gasteiger partial charge in [-0.25, -0.2) is 0 Å². The van der Waals surface area contributed by atoms with Gasteiger partial charge in [-0.1, -0.05) is 0 Å². The van der Waals surface area contributed by atoms with Crippen LogP contribution >= 0.6 is 0 Å². The standard InChI is InChI=1S/C19H25NO2/c21-18(20-5-1-3-16(20)17-4-2-6-22-17)19-10-13-7-14(11-19)9-15(8-13)12-19/h2,4,6,13-16H,1,3,5,7-12H2/t13?,14?,15?,16-,19?/m0/s1. The molecule has 0 aromatic carbocycles. The molecule has 6 rings (SSSR count). The van der Waals surface area contributed by atoms with Crippen LogP contribution in [-0.4, -0.2) is 17.4 Å². The van der Waals surface area contributed by atoms with E-state index >= 15 is 0 Å². The van der Waals surface area contributed by atoms with Crippen LogP contribution < -0.4 is 0 Å². The molecule has 2 heterocycles. The Morgan fingerprint density at radius 1 is 1.14 bits per heavy atom. The van der Waals surface area contributed by atoms with Crippen molar-refractivity contribution in [2.45, 2.75) is 57.4 Å². The van der Waals surface area contributed by atoms with Crippen LogP contribution in [0.1, 0.15) is 63.2 Å². The third kappa shape index (κ3) is 1.83. The van der Waals surface area contributed by atoms with Crippen LogP contribution in [0.2, 0.25) is 0 Å². The average molecular weight is 299 g/mol. The Balaban J connectivity index is 1.44. The van der Waals surface area contributed by atoms with Crippen molar-refractivity contribution in [2.75, 3.05) is 6.54 Å². The highest BCUT2D eigenvalue weighted by molar-refractivity contribution is 5.84. The molecule has 0 radical (unpaired) electrons. The molecule has 1 saturated heterocycles. The van der Waals surface area contributed by atoms with E-state index in [1.807, 2.05) is 12.1 Å². The fraction of sp³-hybridized carbons (Fsp3) is 0.737. The molecule has 4 bridgehead atoms. The Bertz CT molecular complexity index is 541. The summed E-state index contributed by atoms with van der Waals surface area (Å²) in [6.45, 7) is 0.923. The molecule has 4 saturated carbocycles. The zero-order valence-electron chi connectivity index (χ0n) is 13.2. The topological polar surface area (TPSA) is 33.5 Å². The maximum atomic E-state index is 13.5. The number of amides is 1. The van der Waals surface area contributed by atoms with E-state index in [1.54, 1.807) is 6.26 Å². The van der Waals surface area contributed by atoms with E-state index in [4.69, 9.17) is 4.42 Å². The summed E-state index contributed by atoms with van der Waals surface area (Å²) in [5.74, 6) is 3.95. The second-order valence-electron chi connectivity index (χ2n) is 8.37. The highest BCUT2D eigenvalue weighted by Gasteiger charge is 2.56. The molecular formula is C19H25NO2. The van der Waals surface area contributed by atoms with E-state index in [0.29, 0.717) is 5.91 Å². The highest BCUT2D eigenvalue weighted by atomic mass is 16.3. The predicted molar refractivity (Wildman–Crippen MR) is 83.0 cm³/mol. The molecule has 1 aromatic heterocycles. The van der Waals surface area contributed by atoms with E-state index in [1.165, 1.54) is 38.5 Å². The molecule has 0 unspecified atom stereocenters. The number of hydrogen-bond donors (Lipinski definition) is 0. The lowest BCUT2D eigenvalue weighted by Gasteiger charge is -2.56. The Hall–Kier alpha value is -1.25. The minimum atomic E-state index is -0.00999. The molecule has 0 N–H and O–H groups in total. The van der Waals surface area contributed by atoms with E-state index in [0.717, 1.165) is 42.9 Å². The van der Waals surface area contributed by atoms with Gasteiger partial charge in [0.2, 0.25) is 5.91 Å². The zero-order valence-corrected chi connectivity index (χ0v) is 13.2. The smallest absolute Gasteiger partial charge is 0.229 e. The quantitative estimate of drug-likeness (QED) is 0.821. The monoisotopic (exact) mass is 299 g/mol. The molecule has 1 amide bonds. The van der Waals surface area contributed by atoms with Crippen molar-refractivity contribution in [3.05, 3.63) is 24.2 Å². The summed E-state index contributed by atoms with van der Waals surface area (Å²) in [5.41, 5.74) is -0.00999. The van der Waals surface area contributed by atoms with Crippen LogP contribution in [0.15, 0.2) is 22.8 Å². The largest absolute Gasteiger partial charge is 0.467 e. The van der Waals surface area contributed by atoms with Gasteiger partial charge in [0, 0.05) is 6.54 Å². The van der Waals surface area contributed by atoms with E-state index in [-0.39, 0.29) is 11.5 Å². The van der Waals surface area contributed by atoms with Crippen LogP contribution in [0.3, 0.4) is 0 Å². The number of likely N-dealkylation sites (tertiary alicyclic amines) is 1. The number of furan rings is 1. The summed E-state index contributed by atoms with van der Waals surface area (Å²) in [6.07, 6.45) is 11.6. The Morgan fingerprint density at radius 2 is 1.82 bits per heavy atom. The van der Waals surface area contributed by atoms with Crippen LogP contribution in [0.4, 0.5) is 0 Å². The minimum absolute atomic E-state index is 0.00999. The molecule has 5 aliphatic rings. The summed E-state index contributed by atoms with van der Waals surface area (Å²) >= 11 is 0. The van der Waals surface area contributed by atoms with Gasteiger partial charge in [0.1, 0.15) is 5.76 Å². The van der Waals surface area contributed by atoms with Gasteiger partial charge in [-0.3, -0.25) is 4.79 Å². The SMILES string of the molecule is O=C(N1CCC[C@H]1c1ccco1)C12CC3CC(CC(C3)C1)C2. The molecule has 118 valence electrons. The van der Waals surface area contributed by atoms with Crippen molar-refractivity contribution in [3.8, 4) is 0 Å². The lowest BCUT2D eigenvalue weighted by Crippen LogP contribution is -2.54. The first kappa shape index (κ1) is 13.2. The summed E-state index contributed by atoms with van der Waals surface area (Å²) in [6, 6.07) is 4.17. The van der Waals surface area contributed by atoms with Crippen LogP contribution in [0.5, 0.6) is 0 Å². The number of hydrogen-bond acceptors (Lipinski definition) is 2. The number of nitrogens with zero attached hydrogens (tertiary/aromatic N) is 1. The number of rotatable bonds is 2. The van der Waals surface area contributed by atoms with E-state index in [9.17, 15) is 4.79 Å². The minimum Gasteiger partial charge on any atom is -0.467 e. The van der Waals surface area contributed by atoms with Gasteiger partial charge in [-0.05, 0) is 81.3 Å². The second-order valence-corrected chi connectivity index (χ2v) is 8.37. The lowest BCUT2D eigenvalue weighted by atomic mass is 9.49. The highest BCUT2D eigenvalue weighted by Crippen LogP contribution is 2.61. The molecule has 3 nitrogen and oxygen atoms in total. The van der Waals surface area contributed by atoms with Crippen molar-refractivity contribution in [1.29, 1.82) is 0 Å². The summed E-state index contributed by atoms with van der Waals surface area (Å²) in [5, 5.41) is 0. The van der Waals surface area contributed by atoms with Crippen LogP contribution in [-0.2, 0) is 4.79 Å². The fourth-order valence-corrected chi connectivity index (χ4v) is 6.46. The average Bonchev–Trinajstić information content (AvgIpc) is 3.16. The first-order valence-electron chi connectivity index (χ1n) is 9.08. The third-order valence-corrected chi connectivity index (χ3v) is 6.88. The maximum Gasteiger partial charge on any atom is 0.229 e. The first-order chi connectivity index (χ1) is 10.7. The van der Waals surface area contributed by atoms with E-state index in [2.05, 4.69) is 4.90 Å². The van der Waals surface area contributed by atoms with Gasteiger partial charge >= 0.3 is 0 Å². The fourth-order valence-electron chi connectivity index (χ4n) is 6.46. The molecule has 1 aromatic rings. The Kier molecular flexibility index (Phi) is 2.78. The van der Waals surface area contributed by atoms with Gasteiger partial charge in [0.25, 0.3) is 0 Å². The van der Waals surface area contributed by atoms with Gasteiger partial charge in [-0.15, -0.1) is 0 Å².